The zero-order valence-corrected chi connectivity index (χ0v) is 13.2. The lowest BCUT2D eigenvalue weighted by molar-refractivity contribution is 0.255. The maximum Gasteiger partial charge on any atom is 0.203 e. The lowest BCUT2D eigenvalue weighted by Crippen LogP contribution is -2.10. The van der Waals surface area contributed by atoms with Crippen LogP contribution in [0.1, 0.15) is 32.3 Å². The van der Waals surface area contributed by atoms with Gasteiger partial charge in [0.15, 0.2) is 11.5 Å². The average molecular weight is 292 g/mol. The van der Waals surface area contributed by atoms with Crippen LogP contribution in [0.4, 0.5) is 0 Å². The number of methoxy groups -OCH3 is 2. The van der Waals surface area contributed by atoms with Gasteiger partial charge in [0.1, 0.15) is 0 Å². The summed E-state index contributed by atoms with van der Waals surface area (Å²) in [6.45, 7) is 4.75. The van der Waals surface area contributed by atoms with Crippen LogP contribution < -0.4 is 19.9 Å². The molecule has 0 aliphatic carbocycles. The molecule has 5 heteroatoms. The Hall–Kier alpha value is -1.93. The molecule has 5 nitrogen and oxygen atoms in total. The van der Waals surface area contributed by atoms with E-state index in [9.17, 15) is 0 Å². The Labute approximate surface area is 126 Å². The molecule has 0 aliphatic heterocycles. The molecule has 0 heterocycles. The molecule has 116 valence electrons. The second kappa shape index (κ2) is 7.75. The van der Waals surface area contributed by atoms with Crippen molar-refractivity contribution in [3.63, 3.8) is 0 Å². The van der Waals surface area contributed by atoms with Gasteiger partial charge in [-0.05, 0) is 44.4 Å². The van der Waals surface area contributed by atoms with Crippen molar-refractivity contribution < 1.29 is 14.2 Å². The van der Waals surface area contributed by atoms with E-state index in [1.54, 1.807) is 14.2 Å². The number of rotatable bonds is 8. The third-order valence-electron chi connectivity index (χ3n) is 3.25. The van der Waals surface area contributed by atoms with Gasteiger partial charge in [-0.1, -0.05) is 0 Å². The Morgan fingerprint density at radius 3 is 2.19 bits per heavy atom. The number of ether oxygens (including phenoxy) is 3. The van der Waals surface area contributed by atoms with Gasteiger partial charge in [-0.3, -0.25) is 0 Å². The van der Waals surface area contributed by atoms with Gasteiger partial charge >= 0.3 is 0 Å². The van der Waals surface area contributed by atoms with Crippen LogP contribution in [0.2, 0.25) is 0 Å². The number of nitrogens with zero attached hydrogens (tertiary/aromatic N) is 1. The van der Waals surface area contributed by atoms with Crippen LogP contribution in [-0.2, 0) is 6.54 Å². The van der Waals surface area contributed by atoms with Crippen molar-refractivity contribution in [1.29, 1.82) is 5.26 Å². The van der Waals surface area contributed by atoms with Crippen LogP contribution in [0.3, 0.4) is 0 Å². The highest BCUT2D eigenvalue weighted by molar-refractivity contribution is 5.53. The number of hydrogen-bond donors (Lipinski definition) is 1. The number of hydrogen-bond acceptors (Lipinski definition) is 5. The van der Waals surface area contributed by atoms with E-state index in [0.717, 1.165) is 18.4 Å². The molecule has 0 aromatic heterocycles. The van der Waals surface area contributed by atoms with Crippen molar-refractivity contribution in [2.45, 2.75) is 33.2 Å². The molecule has 1 aromatic carbocycles. The Balaban J connectivity index is 2.76. The molecule has 0 saturated carbocycles. The van der Waals surface area contributed by atoms with Crippen LogP contribution in [0.15, 0.2) is 12.1 Å². The maximum atomic E-state index is 8.99. The lowest BCUT2D eigenvalue weighted by atomic mass is 9.90. The normalized spacial score (nSPS) is 10.9. The molecular formula is C16H24N2O3. The molecule has 1 aromatic rings. The van der Waals surface area contributed by atoms with Crippen molar-refractivity contribution in [2.75, 3.05) is 20.8 Å². The SMILES string of the molecule is COc1cc(CN)cc(OC)c1OCCCC(C)(C)C#N. The van der Waals surface area contributed by atoms with Gasteiger partial charge in [0, 0.05) is 6.54 Å². The molecule has 0 atom stereocenters. The highest BCUT2D eigenvalue weighted by Gasteiger charge is 2.17. The highest BCUT2D eigenvalue weighted by atomic mass is 16.5. The molecular weight excluding hydrogens is 268 g/mol. The second-order valence-corrected chi connectivity index (χ2v) is 5.48. The van der Waals surface area contributed by atoms with E-state index in [4.69, 9.17) is 25.2 Å². The standard InChI is InChI=1S/C16H24N2O3/c1-16(2,11-18)6-5-7-21-15-13(19-3)8-12(10-17)9-14(15)20-4/h8-9H,5-7,10,17H2,1-4H3. The molecule has 0 amide bonds. The monoisotopic (exact) mass is 292 g/mol. The van der Waals surface area contributed by atoms with Gasteiger partial charge in [0.25, 0.3) is 0 Å². The molecule has 2 N–H and O–H groups in total. The topological polar surface area (TPSA) is 77.5 Å². The fourth-order valence-electron chi connectivity index (χ4n) is 1.94. The summed E-state index contributed by atoms with van der Waals surface area (Å²) < 4.78 is 16.5. The predicted molar refractivity (Wildman–Crippen MR) is 81.6 cm³/mol. The Morgan fingerprint density at radius 2 is 1.76 bits per heavy atom. The summed E-state index contributed by atoms with van der Waals surface area (Å²) in [6, 6.07) is 5.97. The molecule has 0 saturated heterocycles. The van der Waals surface area contributed by atoms with Crippen molar-refractivity contribution in [2.24, 2.45) is 11.1 Å². The van der Waals surface area contributed by atoms with Gasteiger partial charge in [-0.2, -0.15) is 5.26 Å². The molecule has 0 fully saturated rings. The summed E-state index contributed by atoms with van der Waals surface area (Å²) in [6.07, 6.45) is 1.56. The quantitative estimate of drug-likeness (QED) is 0.745. The van der Waals surface area contributed by atoms with Gasteiger partial charge < -0.3 is 19.9 Å². The summed E-state index contributed by atoms with van der Waals surface area (Å²) in [5.74, 6) is 1.79. The zero-order valence-electron chi connectivity index (χ0n) is 13.2. The fourth-order valence-corrected chi connectivity index (χ4v) is 1.94. The van der Waals surface area contributed by atoms with Crippen LogP contribution in [-0.4, -0.2) is 20.8 Å². The highest BCUT2D eigenvalue weighted by Crippen LogP contribution is 2.38. The van der Waals surface area contributed by atoms with Gasteiger partial charge in [0.05, 0.1) is 32.3 Å². The first-order chi connectivity index (χ1) is 9.97. The second-order valence-electron chi connectivity index (χ2n) is 5.48. The minimum absolute atomic E-state index is 0.332. The Bertz CT molecular complexity index is 482. The van der Waals surface area contributed by atoms with Crippen molar-refractivity contribution in [3.05, 3.63) is 17.7 Å². The van der Waals surface area contributed by atoms with E-state index in [1.165, 1.54) is 0 Å². The first kappa shape index (κ1) is 17.1. The third kappa shape index (κ3) is 4.83. The van der Waals surface area contributed by atoms with Gasteiger partial charge in [0.2, 0.25) is 5.75 Å². The molecule has 0 radical (unpaired) electrons. The van der Waals surface area contributed by atoms with Gasteiger partial charge in [-0.15, -0.1) is 0 Å². The van der Waals surface area contributed by atoms with Gasteiger partial charge in [-0.25, -0.2) is 0 Å². The lowest BCUT2D eigenvalue weighted by Gasteiger charge is -2.17. The average Bonchev–Trinajstić information content (AvgIpc) is 2.50. The van der Waals surface area contributed by atoms with Crippen molar-refractivity contribution >= 4 is 0 Å². The number of nitriles is 1. The number of benzene rings is 1. The Kier molecular flexibility index (Phi) is 6.32. The van der Waals surface area contributed by atoms with E-state index in [0.29, 0.717) is 30.4 Å². The summed E-state index contributed by atoms with van der Waals surface area (Å²) in [5, 5.41) is 8.99. The zero-order chi connectivity index (χ0) is 15.9. The minimum atomic E-state index is -0.332. The van der Waals surface area contributed by atoms with Crippen LogP contribution in [0.5, 0.6) is 17.2 Å². The van der Waals surface area contributed by atoms with Crippen LogP contribution >= 0.6 is 0 Å². The van der Waals surface area contributed by atoms with Crippen LogP contribution in [0.25, 0.3) is 0 Å². The minimum Gasteiger partial charge on any atom is -0.493 e. The van der Waals surface area contributed by atoms with Crippen molar-refractivity contribution in [3.8, 4) is 23.3 Å². The smallest absolute Gasteiger partial charge is 0.203 e. The molecule has 0 unspecified atom stereocenters. The molecule has 1 rings (SSSR count). The van der Waals surface area contributed by atoms with E-state index < -0.39 is 0 Å². The largest absolute Gasteiger partial charge is 0.493 e. The maximum absolute atomic E-state index is 8.99. The van der Waals surface area contributed by atoms with E-state index >= 15 is 0 Å². The summed E-state index contributed by atoms with van der Waals surface area (Å²) in [4.78, 5) is 0. The summed E-state index contributed by atoms with van der Waals surface area (Å²) in [5.41, 5.74) is 6.24. The Morgan fingerprint density at radius 1 is 1.19 bits per heavy atom. The fraction of sp³-hybridized carbons (Fsp3) is 0.562. The predicted octanol–water partition coefficient (Wildman–Crippen LogP) is 2.87. The third-order valence-corrected chi connectivity index (χ3v) is 3.25. The van der Waals surface area contributed by atoms with E-state index in [-0.39, 0.29) is 5.41 Å². The molecule has 0 aliphatic rings. The molecule has 0 bridgehead atoms. The van der Waals surface area contributed by atoms with Crippen LogP contribution in [0, 0.1) is 16.7 Å². The summed E-state index contributed by atoms with van der Waals surface area (Å²) >= 11 is 0. The first-order valence-corrected chi connectivity index (χ1v) is 6.96. The number of nitrogens with two attached hydrogens (primary N) is 1. The van der Waals surface area contributed by atoms with E-state index in [1.807, 2.05) is 26.0 Å². The molecule has 21 heavy (non-hydrogen) atoms. The van der Waals surface area contributed by atoms with E-state index in [2.05, 4.69) is 6.07 Å². The molecule has 0 spiro atoms. The van der Waals surface area contributed by atoms with Crippen molar-refractivity contribution in [1.82, 2.24) is 0 Å². The first-order valence-electron chi connectivity index (χ1n) is 6.96. The summed E-state index contributed by atoms with van der Waals surface area (Å²) in [7, 11) is 3.17.